The maximum absolute atomic E-state index is 13.0. The number of nitrogens with zero attached hydrogens (tertiary/aromatic N) is 3. The zero-order chi connectivity index (χ0) is 25.8. The first-order valence-electron chi connectivity index (χ1n) is 11.5. The van der Waals surface area contributed by atoms with Gasteiger partial charge in [-0.1, -0.05) is 36.2 Å². The number of likely N-dealkylation sites (N-methyl/N-ethyl adjacent to an activating group) is 1. The number of likely N-dealkylation sites (tertiary alicyclic amines) is 1. The summed E-state index contributed by atoms with van der Waals surface area (Å²) in [5.41, 5.74) is 0.858. The summed E-state index contributed by atoms with van der Waals surface area (Å²) in [7, 11) is 3.43. The number of fused-ring (bicyclic) bond motifs is 1. The van der Waals surface area contributed by atoms with E-state index in [0.29, 0.717) is 34.5 Å². The fraction of sp³-hybridized carbons (Fsp3) is 0.542. The second kappa shape index (κ2) is 9.94. The number of amides is 2. The molecule has 3 heterocycles. The fourth-order valence-electron chi connectivity index (χ4n) is 5.40. The molecule has 190 valence electrons. The van der Waals surface area contributed by atoms with Crippen LogP contribution in [0.2, 0.25) is 10.0 Å². The van der Waals surface area contributed by atoms with Crippen molar-refractivity contribution in [3.05, 3.63) is 44.4 Å². The van der Waals surface area contributed by atoms with Gasteiger partial charge in [0.25, 0.3) is 0 Å². The summed E-state index contributed by atoms with van der Waals surface area (Å²) >= 11 is 13.9. The van der Waals surface area contributed by atoms with E-state index in [0.717, 1.165) is 5.56 Å². The van der Waals surface area contributed by atoms with E-state index in [1.165, 1.54) is 16.7 Å². The minimum absolute atomic E-state index is 0.00378. The number of benzene rings is 1. The summed E-state index contributed by atoms with van der Waals surface area (Å²) in [4.78, 5) is 43.4. The van der Waals surface area contributed by atoms with Gasteiger partial charge in [0.1, 0.15) is 5.70 Å². The van der Waals surface area contributed by atoms with Gasteiger partial charge in [-0.2, -0.15) is 0 Å². The fourth-order valence-corrected chi connectivity index (χ4v) is 7.43. The van der Waals surface area contributed by atoms with E-state index in [-0.39, 0.29) is 40.8 Å². The first kappa shape index (κ1) is 26.3. The Hall–Kier alpha value is -1.78. The number of aliphatic hydroxyl groups is 1. The van der Waals surface area contributed by atoms with Crippen molar-refractivity contribution >= 4 is 52.7 Å². The number of thioether (sulfide) groups is 1. The number of rotatable bonds is 7. The van der Waals surface area contributed by atoms with Gasteiger partial charge in [-0.05, 0) is 31.0 Å². The third-order valence-corrected chi connectivity index (χ3v) is 9.17. The lowest BCUT2D eigenvalue weighted by Gasteiger charge is -2.46. The minimum Gasteiger partial charge on any atom is -0.477 e. The van der Waals surface area contributed by atoms with Crippen molar-refractivity contribution in [2.24, 2.45) is 11.8 Å². The Morgan fingerprint density at radius 3 is 2.54 bits per heavy atom. The largest absolute Gasteiger partial charge is 0.477 e. The average Bonchev–Trinajstić information content (AvgIpc) is 3.26. The van der Waals surface area contributed by atoms with E-state index in [1.807, 2.05) is 13.0 Å². The number of β-lactam (4-membered cyclic amide) rings is 1. The highest BCUT2D eigenvalue weighted by Gasteiger charge is 2.60. The van der Waals surface area contributed by atoms with Crippen LogP contribution in [0.3, 0.4) is 0 Å². The molecule has 0 saturated carbocycles. The third kappa shape index (κ3) is 4.69. The van der Waals surface area contributed by atoms with Crippen LogP contribution in [0.25, 0.3) is 0 Å². The predicted molar refractivity (Wildman–Crippen MR) is 135 cm³/mol. The molecule has 4 rings (SSSR count). The summed E-state index contributed by atoms with van der Waals surface area (Å²) < 4.78 is 0. The second-order valence-corrected chi connectivity index (χ2v) is 11.8. The topological polar surface area (TPSA) is 101 Å². The highest BCUT2D eigenvalue weighted by Crippen LogP contribution is 2.52. The Bertz CT molecular complexity index is 1090. The Balaban J connectivity index is 1.59. The molecule has 0 radical (unpaired) electrons. The number of hydrogen-bond donors (Lipinski definition) is 2. The molecule has 2 amide bonds. The first-order valence-corrected chi connectivity index (χ1v) is 13.1. The van der Waals surface area contributed by atoms with Crippen molar-refractivity contribution in [1.82, 2.24) is 14.7 Å². The summed E-state index contributed by atoms with van der Waals surface area (Å²) in [6.07, 6.45) is -0.312. The molecule has 0 bridgehead atoms. The second-order valence-electron chi connectivity index (χ2n) is 9.66. The first-order chi connectivity index (χ1) is 16.4. The molecular formula is C24H29Cl2N3O5S. The van der Waals surface area contributed by atoms with Crippen LogP contribution in [0.15, 0.2) is 28.8 Å². The maximum Gasteiger partial charge on any atom is 0.353 e. The molecule has 3 aliphatic rings. The molecule has 2 saturated heterocycles. The number of carboxylic acid groups (broad SMARTS) is 1. The molecule has 8 nitrogen and oxygen atoms in total. The van der Waals surface area contributed by atoms with Crippen LogP contribution in [-0.2, 0) is 20.9 Å². The lowest BCUT2D eigenvalue weighted by Crippen LogP contribution is -2.63. The highest BCUT2D eigenvalue weighted by atomic mass is 35.5. The van der Waals surface area contributed by atoms with Crippen LogP contribution in [-0.4, -0.2) is 86.8 Å². The number of aliphatic hydroxyl groups excluding tert-OH is 1. The van der Waals surface area contributed by atoms with Gasteiger partial charge in [0, 0.05) is 53.3 Å². The van der Waals surface area contributed by atoms with E-state index in [1.54, 1.807) is 38.1 Å². The minimum atomic E-state index is -1.15. The number of halogens is 2. The summed E-state index contributed by atoms with van der Waals surface area (Å²) in [6, 6.07) is 4.54. The van der Waals surface area contributed by atoms with Crippen LogP contribution < -0.4 is 0 Å². The zero-order valence-electron chi connectivity index (χ0n) is 19.9. The smallest absolute Gasteiger partial charge is 0.353 e. The molecule has 6 atom stereocenters. The van der Waals surface area contributed by atoms with Crippen LogP contribution in [0, 0.1) is 11.8 Å². The standard InChI is InChI=1S/C24H29Cl2N3O5S/c1-11-19-18(12(2)30)23(32)29(19)20(24(33)34)21(11)35-15-8-17(22(31)27(3)4)28(10-15)9-13-5-6-14(25)7-16(13)26/h5-7,11-12,15,17-19,30H,8-10H2,1-4H3,(H,33,34)/t11-,12-,15+,17+,18-,19-/m1/s1. The summed E-state index contributed by atoms with van der Waals surface area (Å²) in [6.45, 7) is 4.47. The number of hydrogen-bond acceptors (Lipinski definition) is 6. The molecule has 0 aliphatic carbocycles. The molecule has 0 spiro atoms. The average molecular weight is 542 g/mol. The van der Waals surface area contributed by atoms with Gasteiger partial charge in [0.05, 0.1) is 24.1 Å². The predicted octanol–water partition coefficient (Wildman–Crippen LogP) is 2.91. The molecule has 2 N–H and O–H groups in total. The summed E-state index contributed by atoms with van der Waals surface area (Å²) in [5, 5.41) is 21.0. The van der Waals surface area contributed by atoms with E-state index in [2.05, 4.69) is 4.90 Å². The van der Waals surface area contributed by atoms with E-state index < -0.39 is 18.0 Å². The van der Waals surface area contributed by atoms with Gasteiger partial charge in [0.2, 0.25) is 11.8 Å². The molecule has 2 fully saturated rings. The lowest BCUT2D eigenvalue weighted by atomic mass is 9.79. The van der Waals surface area contributed by atoms with Gasteiger partial charge in [0.15, 0.2) is 0 Å². The van der Waals surface area contributed by atoms with Crippen molar-refractivity contribution in [1.29, 1.82) is 0 Å². The van der Waals surface area contributed by atoms with Gasteiger partial charge < -0.3 is 20.0 Å². The van der Waals surface area contributed by atoms with Crippen LogP contribution in [0.1, 0.15) is 25.8 Å². The summed E-state index contributed by atoms with van der Waals surface area (Å²) in [5.74, 6) is -2.35. The van der Waals surface area contributed by atoms with Crippen molar-refractivity contribution < 1.29 is 24.6 Å². The molecule has 11 heteroatoms. The van der Waals surface area contributed by atoms with E-state index in [9.17, 15) is 24.6 Å². The van der Waals surface area contributed by atoms with Gasteiger partial charge >= 0.3 is 5.97 Å². The Kier molecular flexibility index (Phi) is 7.46. The zero-order valence-corrected chi connectivity index (χ0v) is 22.3. The highest BCUT2D eigenvalue weighted by molar-refractivity contribution is 8.03. The van der Waals surface area contributed by atoms with Crippen LogP contribution >= 0.6 is 35.0 Å². The van der Waals surface area contributed by atoms with Crippen molar-refractivity contribution in [3.8, 4) is 0 Å². The monoisotopic (exact) mass is 541 g/mol. The molecular weight excluding hydrogens is 513 g/mol. The number of carbonyl (C=O) groups is 3. The molecule has 35 heavy (non-hydrogen) atoms. The van der Waals surface area contributed by atoms with Crippen molar-refractivity contribution in [3.63, 3.8) is 0 Å². The van der Waals surface area contributed by atoms with E-state index in [4.69, 9.17) is 23.2 Å². The van der Waals surface area contributed by atoms with Gasteiger partial charge in [-0.3, -0.25) is 14.5 Å². The SMILES string of the molecule is C[C@@H](O)[C@H]1C(=O)N2C(C(=O)O)=C(S[C@H]3C[C@@H](C(=O)N(C)C)N(Cc4ccc(Cl)cc4Cl)C3)[C@H](C)[C@H]12. The molecule has 0 aromatic heterocycles. The molecule has 1 aromatic carbocycles. The third-order valence-electron chi connectivity index (χ3n) is 7.08. The Morgan fingerprint density at radius 1 is 1.29 bits per heavy atom. The Morgan fingerprint density at radius 2 is 1.97 bits per heavy atom. The number of carbonyl (C=O) groups excluding carboxylic acids is 2. The van der Waals surface area contributed by atoms with Gasteiger partial charge in [-0.15, -0.1) is 11.8 Å². The Labute approximate surface area is 218 Å². The maximum atomic E-state index is 13.0. The van der Waals surface area contributed by atoms with E-state index >= 15 is 0 Å². The van der Waals surface area contributed by atoms with Crippen LogP contribution in [0.5, 0.6) is 0 Å². The number of carboxylic acids is 1. The van der Waals surface area contributed by atoms with Crippen molar-refractivity contribution in [2.75, 3.05) is 20.6 Å². The molecule has 0 unspecified atom stereocenters. The van der Waals surface area contributed by atoms with Crippen LogP contribution in [0.4, 0.5) is 0 Å². The lowest BCUT2D eigenvalue weighted by molar-refractivity contribution is -0.163. The molecule has 1 aromatic rings. The normalized spacial score (nSPS) is 29.3. The van der Waals surface area contributed by atoms with Crippen molar-refractivity contribution in [2.45, 2.75) is 50.3 Å². The molecule has 3 aliphatic heterocycles. The number of aliphatic carboxylic acids is 1. The van der Waals surface area contributed by atoms with Gasteiger partial charge in [-0.25, -0.2) is 4.79 Å². The quantitative estimate of drug-likeness (QED) is 0.511.